The molecular formula is C19H23FN6O5S. The van der Waals surface area contributed by atoms with Crippen molar-refractivity contribution in [3.8, 4) is 0 Å². The molecule has 2 saturated heterocycles. The zero-order valence-corrected chi connectivity index (χ0v) is 18.1. The lowest BCUT2D eigenvalue weighted by Gasteiger charge is -2.28. The van der Waals surface area contributed by atoms with Crippen LogP contribution in [-0.4, -0.2) is 70.4 Å². The summed E-state index contributed by atoms with van der Waals surface area (Å²) >= 11 is 1.21. The number of nitro benzene ring substituents is 1. The van der Waals surface area contributed by atoms with Crippen LogP contribution in [0.1, 0.15) is 12.8 Å². The van der Waals surface area contributed by atoms with Gasteiger partial charge in [0.1, 0.15) is 0 Å². The monoisotopic (exact) mass is 466 g/mol. The van der Waals surface area contributed by atoms with Crippen molar-refractivity contribution in [2.75, 3.05) is 48.9 Å². The number of carbonyl (C=O) groups is 1. The molecule has 11 nitrogen and oxygen atoms in total. The van der Waals surface area contributed by atoms with E-state index in [1.165, 1.54) is 17.8 Å². The summed E-state index contributed by atoms with van der Waals surface area (Å²) < 4.78 is 26.7. The van der Waals surface area contributed by atoms with Gasteiger partial charge < -0.3 is 19.7 Å². The molecule has 0 aliphatic carbocycles. The van der Waals surface area contributed by atoms with Gasteiger partial charge in [0, 0.05) is 31.5 Å². The number of rotatable bonds is 8. The van der Waals surface area contributed by atoms with E-state index in [1.54, 1.807) is 0 Å². The summed E-state index contributed by atoms with van der Waals surface area (Å²) in [6.07, 6.45) is 2.03. The lowest BCUT2D eigenvalue weighted by molar-refractivity contribution is -0.387. The molecule has 0 radical (unpaired) electrons. The predicted octanol–water partition coefficient (Wildman–Crippen LogP) is 2.07. The number of anilines is 2. The second kappa shape index (κ2) is 10.2. The third-order valence-corrected chi connectivity index (χ3v) is 6.13. The van der Waals surface area contributed by atoms with Crippen molar-refractivity contribution in [2.45, 2.75) is 30.6 Å². The Morgan fingerprint density at radius 1 is 1.31 bits per heavy atom. The number of amides is 1. The Kier molecular flexibility index (Phi) is 7.17. The van der Waals surface area contributed by atoms with Crippen LogP contribution in [0.2, 0.25) is 0 Å². The fraction of sp³-hybridized carbons (Fsp3) is 0.526. The van der Waals surface area contributed by atoms with Crippen molar-refractivity contribution in [3.63, 3.8) is 0 Å². The normalized spacial score (nSPS) is 18.7. The van der Waals surface area contributed by atoms with Gasteiger partial charge in [0.15, 0.2) is 5.16 Å². The molecule has 1 atom stereocenters. The molecule has 1 N–H and O–H groups in total. The molecule has 4 rings (SSSR count). The van der Waals surface area contributed by atoms with Crippen LogP contribution in [0, 0.1) is 15.9 Å². The molecule has 172 valence electrons. The van der Waals surface area contributed by atoms with Crippen molar-refractivity contribution < 1.29 is 23.6 Å². The van der Waals surface area contributed by atoms with Gasteiger partial charge in [0.05, 0.1) is 36.5 Å². The van der Waals surface area contributed by atoms with E-state index in [4.69, 9.17) is 9.47 Å². The summed E-state index contributed by atoms with van der Waals surface area (Å²) in [5, 5.41) is 22.7. The number of carbonyl (C=O) groups excluding carboxylic acids is 1. The average molecular weight is 466 g/mol. The molecule has 32 heavy (non-hydrogen) atoms. The number of morpholine rings is 1. The van der Waals surface area contributed by atoms with Gasteiger partial charge in [-0.25, -0.2) is 0 Å². The largest absolute Gasteiger partial charge is 0.378 e. The van der Waals surface area contributed by atoms with Crippen LogP contribution < -0.4 is 10.2 Å². The Morgan fingerprint density at radius 3 is 2.84 bits per heavy atom. The summed E-state index contributed by atoms with van der Waals surface area (Å²) in [7, 11) is 0. The number of nitro groups is 1. The van der Waals surface area contributed by atoms with Crippen molar-refractivity contribution in [1.29, 1.82) is 0 Å². The molecule has 2 aliphatic heterocycles. The summed E-state index contributed by atoms with van der Waals surface area (Å²) in [6, 6.07) is 3.23. The highest BCUT2D eigenvalue weighted by atomic mass is 32.2. The Bertz CT molecular complexity index is 977. The van der Waals surface area contributed by atoms with Crippen LogP contribution >= 0.6 is 11.8 Å². The first-order chi connectivity index (χ1) is 15.5. The standard InChI is InChI=1S/C19H23FN6O5S/c20-15-4-3-13(10-16(15)26(28)29)21-17(27)12-32-19-23-22-18(24-5-8-30-9-6-24)25(19)11-14-2-1-7-31-14/h3-4,10,14H,1-2,5-9,11-12H2,(H,21,27). The zero-order chi connectivity index (χ0) is 22.5. The highest BCUT2D eigenvalue weighted by Gasteiger charge is 2.25. The van der Waals surface area contributed by atoms with Crippen LogP contribution in [0.15, 0.2) is 23.4 Å². The minimum Gasteiger partial charge on any atom is -0.378 e. The van der Waals surface area contributed by atoms with Crippen LogP contribution in [0.3, 0.4) is 0 Å². The Balaban J connectivity index is 1.43. The minimum absolute atomic E-state index is 0.0118. The molecule has 13 heteroatoms. The number of halogens is 1. The summed E-state index contributed by atoms with van der Waals surface area (Å²) in [5.74, 6) is -0.616. The number of nitrogens with zero attached hydrogens (tertiary/aromatic N) is 5. The van der Waals surface area contributed by atoms with Gasteiger partial charge in [0.25, 0.3) is 0 Å². The second-order valence-electron chi connectivity index (χ2n) is 7.39. The number of hydrogen-bond donors (Lipinski definition) is 1. The van der Waals surface area contributed by atoms with Crippen molar-refractivity contribution in [1.82, 2.24) is 14.8 Å². The van der Waals surface area contributed by atoms with Crippen molar-refractivity contribution in [2.24, 2.45) is 0 Å². The van der Waals surface area contributed by atoms with Gasteiger partial charge >= 0.3 is 5.69 Å². The van der Waals surface area contributed by atoms with Crippen LogP contribution in [0.5, 0.6) is 0 Å². The molecule has 1 aromatic carbocycles. The fourth-order valence-corrected chi connectivity index (χ4v) is 4.34. The number of ether oxygens (including phenoxy) is 2. The van der Waals surface area contributed by atoms with Crippen LogP contribution in [0.4, 0.5) is 21.7 Å². The third-order valence-electron chi connectivity index (χ3n) is 5.16. The number of benzene rings is 1. The first kappa shape index (κ1) is 22.4. The molecule has 1 unspecified atom stereocenters. The van der Waals surface area contributed by atoms with Crippen LogP contribution in [0.25, 0.3) is 0 Å². The first-order valence-electron chi connectivity index (χ1n) is 10.3. The maximum Gasteiger partial charge on any atom is 0.306 e. The zero-order valence-electron chi connectivity index (χ0n) is 17.2. The van der Waals surface area contributed by atoms with E-state index < -0.39 is 22.3 Å². The number of nitrogens with one attached hydrogen (secondary N) is 1. The topological polar surface area (TPSA) is 125 Å². The molecule has 3 heterocycles. The number of hydrogen-bond acceptors (Lipinski definition) is 9. The average Bonchev–Trinajstić information content (AvgIpc) is 3.44. The van der Waals surface area contributed by atoms with Gasteiger partial charge in [-0.1, -0.05) is 11.8 Å². The van der Waals surface area contributed by atoms with Crippen molar-refractivity contribution in [3.05, 3.63) is 34.1 Å². The lowest BCUT2D eigenvalue weighted by atomic mass is 10.2. The summed E-state index contributed by atoms with van der Waals surface area (Å²) in [6.45, 7) is 3.96. The lowest BCUT2D eigenvalue weighted by Crippen LogP contribution is -2.38. The highest BCUT2D eigenvalue weighted by molar-refractivity contribution is 7.99. The van der Waals surface area contributed by atoms with E-state index >= 15 is 0 Å². The molecule has 0 bridgehead atoms. The SMILES string of the molecule is O=C(CSc1nnc(N2CCOCC2)n1CC1CCCO1)Nc1ccc(F)c([N+](=O)[O-])c1. The van der Waals surface area contributed by atoms with E-state index in [1.807, 2.05) is 4.57 Å². The second-order valence-corrected chi connectivity index (χ2v) is 8.33. The number of aromatic nitrogens is 3. The highest BCUT2D eigenvalue weighted by Crippen LogP contribution is 2.26. The van der Waals surface area contributed by atoms with E-state index in [9.17, 15) is 19.3 Å². The molecule has 0 saturated carbocycles. The smallest absolute Gasteiger partial charge is 0.306 e. The third kappa shape index (κ3) is 5.34. The summed E-state index contributed by atoms with van der Waals surface area (Å²) in [4.78, 5) is 24.6. The van der Waals surface area contributed by atoms with Gasteiger partial charge in [-0.15, -0.1) is 10.2 Å². The molecule has 2 aliphatic rings. The summed E-state index contributed by atoms with van der Waals surface area (Å²) in [5.41, 5.74) is -0.541. The van der Waals surface area contributed by atoms with Gasteiger partial charge in [0.2, 0.25) is 17.7 Å². The fourth-order valence-electron chi connectivity index (χ4n) is 3.59. The number of thioether (sulfide) groups is 1. The predicted molar refractivity (Wildman–Crippen MR) is 114 cm³/mol. The van der Waals surface area contributed by atoms with Gasteiger partial charge in [-0.2, -0.15) is 4.39 Å². The van der Waals surface area contributed by atoms with E-state index in [-0.39, 0.29) is 17.5 Å². The molecule has 2 aromatic rings. The molecular weight excluding hydrogens is 443 g/mol. The maximum atomic E-state index is 13.5. The Morgan fingerprint density at radius 2 is 2.12 bits per heavy atom. The Labute approximate surface area is 187 Å². The van der Waals surface area contributed by atoms with Gasteiger partial charge in [-0.05, 0) is 25.0 Å². The van der Waals surface area contributed by atoms with E-state index in [0.717, 1.165) is 37.5 Å². The molecule has 0 spiro atoms. The molecule has 2 fully saturated rings. The quantitative estimate of drug-likeness (QED) is 0.354. The Hall–Kier alpha value is -2.77. The molecule has 1 aromatic heterocycles. The maximum absolute atomic E-state index is 13.5. The van der Waals surface area contributed by atoms with E-state index in [0.29, 0.717) is 38.0 Å². The van der Waals surface area contributed by atoms with Crippen molar-refractivity contribution >= 4 is 35.0 Å². The van der Waals surface area contributed by atoms with E-state index in [2.05, 4.69) is 20.4 Å². The minimum atomic E-state index is -0.958. The first-order valence-corrected chi connectivity index (χ1v) is 11.2. The molecule has 1 amide bonds. The van der Waals surface area contributed by atoms with Crippen LogP contribution in [-0.2, 0) is 20.8 Å². The van der Waals surface area contributed by atoms with Gasteiger partial charge in [-0.3, -0.25) is 19.5 Å².